The van der Waals surface area contributed by atoms with Crippen molar-refractivity contribution in [2.24, 2.45) is 11.3 Å². The lowest BCUT2D eigenvalue weighted by Gasteiger charge is -2.26. The van der Waals surface area contributed by atoms with E-state index in [-0.39, 0.29) is 6.04 Å². The summed E-state index contributed by atoms with van der Waals surface area (Å²) >= 11 is 0. The van der Waals surface area contributed by atoms with Gasteiger partial charge in [0.15, 0.2) is 0 Å². The molecule has 0 radical (unpaired) electrons. The lowest BCUT2D eigenvalue weighted by molar-refractivity contribution is -0.146. The monoisotopic (exact) mass is 217 g/mol. The maximum absolute atomic E-state index is 10.9. The molecule has 0 fully saturated rings. The number of ether oxygens (including phenoxy) is 1. The van der Waals surface area contributed by atoms with Gasteiger partial charge in [-0.25, -0.2) is 0 Å². The van der Waals surface area contributed by atoms with E-state index in [9.17, 15) is 4.79 Å². The van der Waals surface area contributed by atoms with Crippen LogP contribution in [0.5, 0.6) is 0 Å². The number of nitrogens with one attached hydrogen (secondary N) is 1. The van der Waals surface area contributed by atoms with E-state index >= 15 is 0 Å². The second kappa shape index (κ2) is 6.08. The maximum atomic E-state index is 10.9. The van der Waals surface area contributed by atoms with E-state index in [1.54, 1.807) is 21.0 Å². The maximum Gasteiger partial charge on any atom is 0.310 e. The van der Waals surface area contributed by atoms with E-state index < -0.39 is 11.4 Å². The van der Waals surface area contributed by atoms with Gasteiger partial charge in [0.25, 0.3) is 0 Å². The smallest absolute Gasteiger partial charge is 0.310 e. The summed E-state index contributed by atoms with van der Waals surface area (Å²) in [5.41, 5.74) is -0.735. The molecule has 0 rings (SSSR count). The fraction of sp³-hybridized carbons (Fsp3) is 0.909. The Hall–Kier alpha value is -0.610. The molecule has 15 heavy (non-hydrogen) atoms. The van der Waals surface area contributed by atoms with Gasteiger partial charge in [-0.1, -0.05) is 13.8 Å². The van der Waals surface area contributed by atoms with Gasteiger partial charge in [-0.3, -0.25) is 4.79 Å². The fourth-order valence-corrected chi connectivity index (χ4v) is 1.13. The molecule has 0 bridgehead atoms. The van der Waals surface area contributed by atoms with Crippen molar-refractivity contribution in [1.82, 2.24) is 5.32 Å². The second-order valence-electron chi connectivity index (χ2n) is 4.88. The molecule has 0 spiro atoms. The normalized spacial score (nSPS) is 14.3. The van der Waals surface area contributed by atoms with Gasteiger partial charge in [0.1, 0.15) is 0 Å². The van der Waals surface area contributed by atoms with E-state index in [1.165, 1.54) is 0 Å². The first-order chi connectivity index (χ1) is 6.81. The second-order valence-corrected chi connectivity index (χ2v) is 4.88. The third kappa shape index (κ3) is 5.14. The van der Waals surface area contributed by atoms with Crippen LogP contribution >= 0.6 is 0 Å². The summed E-state index contributed by atoms with van der Waals surface area (Å²) in [4.78, 5) is 10.9. The van der Waals surface area contributed by atoms with E-state index in [2.05, 4.69) is 19.2 Å². The molecule has 4 nitrogen and oxygen atoms in total. The van der Waals surface area contributed by atoms with Gasteiger partial charge < -0.3 is 15.2 Å². The molecule has 0 aromatic rings. The minimum atomic E-state index is -0.782. The standard InChI is InChI=1S/C11H23NO3/c1-8(2)9(6-15-5)12-7-11(3,4)10(13)14/h8-9,12H,6-7H2,1-5H3,(H,13,14). The van der Waals surface area contributed by atoms with Crippen LogP contribution in [0.1, 0.15) is 27.7 Å². The molecule has 1 atom stereocenters. The molecule has 2 N–H and O–H groups in total. The zero-order chi connectivity index (χ0) is 12.1. The first kappa shape index (κ1) is 14.4. The summed E-state index contributed by atoms with van der Waals surface area (Å²) in [7, 11) is 1.65. The van der Waals surface area contributed by atoms with Crippen molar-refractivity contribution in [2.75, 3.05) is 20.3 Å². The number of methoxy groups -OCH3 is 1. The zero-order valence-corrected chi connectivity index (χ0v) is 10.3. The highest BCUT2D eigenvalue weighted by atomic mass is 16.5. The van der Waals surface area contributed by atoms with Crippen molar-refractivity contribution in [1.29, 1.82) is 0 Å². The lowest BCUT2D eigenvalue weighted by atomic mass is 9.92. The van der Waals surface area contributed by atoms with E-state index in [1.807, 2.05) is 0 Å². The molecule has 4 heteroatoms. The Balaban J connectivity index is 4.15. The molecule has 90 valence electrons. The molecule has 0 heterocycles. The van der Waals surface area contributed by atoms with Gasteiger partial charge in [0.05, 0.1) is 12.0 Å². The van der Waals surface area contributed by atoms with E-state index in [0.29, 0.717) is 19.1 Å². The predicted molar refractivity (Wildman–Crippen MR) is 59.9 cm³/mol. The third-order valence-corrected chi connectivity index (χ3v) is 2.54. The minimum Gasteiger partial charge on any atom is -0.481 e. The SMILES string of the molecule is COCC(NCC(C)(C)C(=O)O)C(C)C. The van der Waals surface area contributed by atoms with Crippen LogP contribution in [0.15, 0.2) is 0 Å². The van der Waals surface area contributed by atoms with Crippen LogP contribution in [0.4, 0.5) is 0 Å². The topological polar surface area (TPSA) is 58.6 Å². The van der Waals surface area contributed by atoms with E-state index in [4.69, 9.17) is 9.84 Å². The average molecular weight is 217 g/mol. The minimum absolute atomic E-state index is 0.202. The number of hydrogen-bond donors (Lipinski definition) is 2. The van der Waals surface area contributed by atoms with Crippen molar-refractivity contribution in [3.05, 3.63) is 0 Å². The number of aliphatic carboxylic acids is 1. The molecule has 0 aliphatic rings. The number of carbonyl (C=O) groups is 1. The molecule has 0 aliphatic carbocycles. The van der Waals surface area contributed by atoms with Gasteiger partial charge in [-0.15, -0.1) is 0 Å². The van der Waals surface area contributed by atoms with E-state index in [0.717, 1.165) is 0 Å². The van der Waals surface area contributed by atoms with Crippen molar-refractivity contribution >= 4 is 5.97 Å². The summed E-state index contributed by atoms with van der Waals surface area (Å²) in [6.07, 6.45) is 0. The third-order valence-electron chi connectivity index (χ3n) is 2.54. The Morgan fingerprint density at radius 1 is 1.47 bits per heavy atom. The summed E-state index contributed by atoms with van der Waals surface area (Å²) in [5, 5.41) is 12.2. The first-order valence-electron chi connectivity index (χ1n) is 5.27. The molecular formula is C11H23NO3. The van der Waals surface area contributed by atoms with Crippen molar-refractivity contribution in [3.8, 4) is 0 Å². The molecule has 0 saturated carbocycles. The highest BCUT2D eigenvalue weighted by Gasteiger charge is 2.28. The van der Waals surface area contributed by atoms with Crippen LogP contribution in [0.2, 0.25) is 0 Å². The van der Waals surface area contributed by atoms with Crippen LogP contribution < -0.4 is 5.32 Å². The summed E-state index contributed by atoms with van der Waals surface area (Å²) in [6, 6.07) is 0.202. The largest absolute Gasteiger partial charge is 0.481 e. The van der Waals surface area contributed by atoms with Crippen LogP contribution in [0.25, 0.3) is 0 Å². The van der Waals surface area contributed by atoms with Gasteiger partial charge in [0, 0.05) is 19.7 Å². The number of carboxylic acid groups (broad SMARTS) is 1. The molecular weight excluding hydrogens is 194 g/mol. The number of rotatable bonds is 7. The summed E-state index contributed by atoms with van der Waals surface area (Å²) < 4.78 is 5.08. The van der Waals surface area contributed by atoms with Crippen LogP contribution in [-0.2, 0) is 9.53 Å². The molecule has 0 aromatic heterocycles. The van der Waals surface area contributed by atoms with Crippen molar-refractivity contribution < 1.29 is 14.6 Å². The van der Waals surface area contributed by atoms with Gasteiger partial charge in [0.2, 0.25) is 0 Å². The molecule has 0 aliphatic heterocycles. The predicted octanol–water partition coefficient (Wildman–Crippen LogP) is 1.36. The van der Waals surface area contributed by atoms with Crippen molar-refractivity contribution in [2.45, 2.75) is 33.7 Å². The molecule has 0 aromatic carbocycles. The quantitative estimate of drug-likeness (QED) is 0.676. The Morgan fingerprint density at radius 3 is 2.33 bits per heavy atom. The number of hydrogen-bond acceptors (Lipinski definition) is 3. The van der Waals surface area contributed by atoms with Crippen LogP contribution in [-0.4, -0.2) is 37.4 Å². The molecule has 0 amide bonds. The number of carboxylic acids is 1. The average Bonchev–Trinajstić information content (AvgIpc) is 2.11. The van der Waals surface area contributed by atoms with Gasteiger partial charge in [-0.2, -0.15) is 0 Å². The van der Waals surface area contributed by atoms with Crippen molar-refractivity contribution in [3.63, 3.8) is 0 Å². The Kier molecular flexibility index (Phi) is 5.83. The Morgan fingerprint density at radius 2 is 2.00 bits per heavy atom. The van der Waals surface area contributed by atoms with Gasteiger partial charge in [-0.05, 0) is 19.8 Å². The van der Waals surface area contributed by atoms with Crippen LogP contribution in [0.3, 0.4) is 0 Å². The van der Waals surface area contributed by atoms with Gasteiger partial charge >= 0.3 is 5.97 Å². The summed E-state index contributed by atoms with van der Waals surface area (Å²) in [6.45, 7) is 8.66. The first-order valence-corrected chi connectivity index (χ1v) is 5.27. The highest BCUT2D eigenvalue weighted by molar-refractivity contribution is 5.73. The zero-order valence-electron chi connectivity index (χ0n) is 10.3. The Labute approximate surface area is 92.0 Å². The van der Waals surface area contributed by atoms with Crippen LogP contribution in [0, 0.1) is 11.3 Å². The molecule has 1 unspecified atom stereocenters. The highest BCUT2D eigenvalue weighted by Crippen LogP contribution is 2.14. The lowest BCUT2D eigenvalue weighted by Crippen LogP contribution is -2.45. The molecule has 0 saturated heterocycles. The fourth-order valence-electron chi connectivity index (χ4n) is 1.13. The Bertz CT molecular complexity index is 202. The summed E-state index contributed by atoms with van der Waals surface area (Å²) in [5.74, 6) is -0.357.